The number of rotatable bonds is 6. The third-order valence-electron chi connectivity index (χ3n) is 1.82. The van der Waals surface area contributed by atoms with Crippen LogP contribution in [0, 0.1) is 5.92 Å². The second-order valence-electron chi connectivity index (χ2n) is 3.63. The van der Waals surface area contributed by atoms with E-state index in [1.807, 2.05) is 0 Å². The van der Waals surface area contributed by atoms with Crippen molar-refractivity contribution in [3.05, 3.63) is 11.6 Å². The van der Waals surface area contributed by atoms with Crippen molar-refractivity contribution in [3.63, 3.8) is 0 Å². The van der Waals surface area contributed by atoms with E-state index in [1.165, 1.54) is 0 Å². The Labute approximate surface area is 75.9 Å². The smallest absolute Gasteiger partial charge is 0.145 e. The molecule has 0 rings (SSSR count). The van der Waals surface area contributed by atoms with Crippen LogP contribution >= 0.6 is 0 Å². The summed E-state index contributed by atoms with van der Waals surface area (Å²) in [6.07, 6.45) is 7.34. The average molecular weight is 168 g/mol. The van der Waals surface area contributed by atoms with Gasteiger partial charge in [0, 0.05) is 0 Å². The standard InChI is InChI=1S/C11H20O/c1-4-5-6-11(9-12)8-7-10(2)3/h8-10H,4-7H2,1-3H3/b11-8+. The molecule has 12 heavy (non-hydrogen) atoms. The molecule has 0 spiro atoms. The molecule has 0 saturated heterocycles. The van der Waals surface area contributed by atoms with Crippen LogP contribution in [0.3, 0.4) is 0 Å². The monoisotopic (exact) mass is 168 g/mol. The molecule has 0 amide bonds. The Bertz CT molecular complexity index is 145. The Morgan fingerprint density at radius 3 is 2.50 bits per heavy atom. The summed E-state index contributed by atoms with van der Waals surface area (Å²) >= 11 is 0. The maximum atomic E-state index is 10.6. The lowest BCUT2D eigenvalue weighted by molar-refractivity contribution is -0.105. The summed E-state index contributed by atoms with van der Waals surface area (Å²) in [6.45, 7) is 6.47. The lowest BCUT2D eigenvalue weighted by Gasteiger charge is -2.00. The molecule has 0 aromatic rings. The lowest BCUT2D eigenvalue weighted by Crippen LogP contribution is -1.89. The van der Waals surface area contributed by atoms with Gasteiger partial charge in [-0.1, -0.05) is 33.3 Å². The SMILES string of the molecule is CCCC/C(C=O)=C\CC(C)C. The number of unbranched alkanes of at least 4 members (excludes halogenated alkanes) is 1. The van der Waals surface area contributed by atoms with Gasteiger partial charge in [-0.05, 0) is 30.8 Å². The van der Waals surface area contributed by atoms with Crippen LogP contribution in [-0.2, 0) is 4.79 Å². The molecular weight excluding hydrogens is 148 g/mol. The largest absolute Gasteiger partial charge is 0.298 e. The molecule has 0 aliphatic heterocycles. The zero-order valence-corrected chi connectivity index (χ0v) is 8.47. The number of hydrogen-bond donors (Lipinski definition) is 0. The van der Waals surface area contributed by atoms with Gasteiger partial charge in [0.15, 0.2) is 0 Å². The van der Waals surface area contributed by atoms with Crippen molar-refractivity contribution in [2.24, 2.45) is 5.92 Å². The van der Waals surface area contributed by atoms with E-state index in [2.05, 4.69) is 26.8 Å². The Kier molecular flexibility index (Phi) is 6.73. The predicted octanol–water partition coefficient (Wildman–Crippen LogP) is 3.35. The third kappa shape index (κ3) is 6.14. The van der Waals surface area contributed by atoms with E-state index in [0.717, 1.165) is 37.5 Å². The first-order valence-electron chi connectivity index (χ1n) is 4.84. The van der Waals surface area contributed by atoms with Crippen LogP contribution in [0.4, 0.5) is 0 Å². The quantitative estimate of drug-likeness (QED) is 0.439. The molecule has 0 aromatic heterocycles. The van der Waals surface area contributed by atoms with Crippen molar-refractivity contribution in [3.8, 4) is 0 Å². The van der Waals surface area contributed by atoms with Crippen LogP contribution in [-0.4, -0.2) is 6.29 Å². The van der Waals surface area contributed by atoms with E-state index in [0.29, 0.717) is 5.92 Å². The molecular formula is C11H20O. The predicted molar refractivity (Wildman–Crippen MR) is 53.1 cm³/mol. The second-order valence-corrected chi connectivity index (χ2v) is 3.63. The molecule has 1 nitrogen and oxygen atoms in total. The van der Waals surface area contributed by atoms with Gasteiger partial charge in [0.25, 0.3) is 0 Å². The number of carbonyl (C=O) groups is 1. The first kappa shape index (κ1) is 11.4. The van der Waals surface area contributed by atoms with Gasteiger partial charge in [-0.2, -0.15) is 0 Å². The van der Waals surface area contributed by atoms with E-state index in [9.17, 15) is 4.79 Å². The van der Waals surface area contributed by atoms with E-state index in [4.69, 9.17) is 0 Å². The maximum Gasteiger partial charge on any atom is 0.145 e. The van der Waals surface area contributed by atoms with Crippen LogP contribution < -0.4 is 0 Å². The number of hydrogen-bond acceptors (Lipinski definition) is 1. The molecule has 1 heteroatoms. The number of aldehydes is 1. The van der Waals surface area contributed by atoms with E-state index in [-0.39, 0.29) is 0 Å². The normalized spacial score (nSPS) is 12.2. The van der Waals surface area contributed by atoms with Gasteiger partial charge >= 0.3 is 0 Å². The van der Waals surface area contributed by atoms with Crippen LogP contribution in [0.5, 0.6) is 0 Å². The molecule has 0 unspecified atom stereocenters. The van der Waals surface area contributed by atoms with Crippen molar-refractivity contribution in [2.45, 2.75) is 46.5 Å². The second kappa shape index (κ2) is 7.08. The molecule has 70 valence electrons. The fourth-order valence-electron chi connectivity index (χ4n) is 0.977. The Morgan fingerprint density at radius 1 is 1.42 bits per heavy atom. The summed E-state index contributed by atoms with van der Waals surface area (Å²) in [4.78, 5) is 10.6. The lowest BCUT2D eigenvalue weighted by atomic mass is 10.0. The average Bonchev–Trinajstić information content (AvgIpc) is 2.05. The molecule has 0 aliphatic carbocycles. The first-order valence-corrected chi connectivity index (χ1v) is 4.84. The summed E-state index contributed by atoms with van der Waals surface area (Å²) in [5.41, 5.74) is 0.977. The summed E-state index contributed by atoms with van der Waals surface area (Å²) in [7, 11) is 0. The zero-order chi connectivity index (χ0) is 9.40. The molecule has 0 radical (unpaired) electrons. The van der Waals surface area contributed by atoms with E-state index in [1.54, 1.807) is 0 Å². The highest BCUT2D eigenvalue weighted by Gasteiger charge is 1.95. The van der Waals surface area contributed by atoms with E-state index >= 15 is 0 Å². The molecule has 0 N–H and O–H groups in total. The molecule has 0 aliphatic rings. The van der Waals surface area contributed by atoms with Gasteiger partial charge in [0.2, 0.25) is 0 Å². The molecule has 0 aromatic carbocycles. The molecule has 0 saturated carbocycles. The summed E-state index contributed by atoms with van der Waals surface area (Å²) in [5, 5.41) is 0. The number of allylic oxidation sites excluding steroid dienone is 2. The summed E-state index contributed by atoms with van der Waals surface area (Å²) in [5.74, 6) is 0.654. The van der Waals surface area contributed by atoms with Crippen molar-refractivity contribution in [2.75, 3.05) is 0 Å². The van der Waals surface area contributed by atoms with Gasteiger partial charge in [0.05, 0.1) is 0 Å². The molecule has 0 bridgehead atoms. The maximum absolute atomic E-state index is 10.6. The van der Waals surface area contributed by atoms with Gasteiger partial charge in [-0.25, -0.2) is 0 Å². The highest BCUT2D eigenvalue weighted by molar-refractivity contribution is 5.72. The Balaban J connectivity index is 3.78. The van der Waals surface area contributed by atoms with Gasteiger partial charge in [-0.3, -0.25) is 4.79 Å². The van der Waals surface area contributed by atoms with E-state index < -0.39 is 0 Å². The summed E-state index contributed by atoms with van der Waals surface area (Å²) < 4.78 is 0. The Morgan fingerprint density at radius 2 is 2.08 bits per heavy atom. The van der Waals surface area contributed by atoms with Crippen LogP contribution in [0.1, 0.15) is 46.5 Å². The van der Waals surface area contributed by atoms with Gasteiger partial charge in [-0.15, -0.1) is 0 Å². The van der Waals surface area contributed by atoms with Crippen LogP contribution in [0.2, 0.25) is 0 Å². The van der Waals surface area contributed by atoms with Gasteiger partial charge in [0.1, 0.15) is 6.29 Å². The highest BCUT2D eigenvalue weighted by Crippen LogP contribution is 2.08. The fourth-order valence-corrected chi connectivity index (χ4v) is 0.977. The van der Waals surface area contributed by atoms with Crippen molar-refractivity contribution in [1.29, 1.82) is 0 Å². The Hall–Kier alpha value is -0.590. The van der Waals surface area contributed by atoms with Crippen LogP contribution in [0.15, 0.2) is 11.6 Å². The van der Waals surface area contributed by atoms with Crippen molar-refractivity contribution in [1.82, 2.24) is 0 Å². The first-order chi connectivity index (χ1) is 5.70. The highest BCUT2D eigenvalue weighted by atomic mass is 16.1. The molecule has 0 heterocycles. The minimum atomic E-state index is 0.654. The third-order valence-corrected chi connectivity index (χ3v) is 1.82. The van der Waals surface area contributed by atoms with Crippen molar-refractivity contribution < 1.29 is 4.79 Å². The topological polar surface area (TPSA) is 17.1 Å². The molecule has 0 atom stereocenters. The van der Waals surface area contributed by atoms with Gasteiger partial charge < -0.3 is 0 Å². The van der Waals surface area contributed by atoms with Crippen molar-refractivity contribution >= 4 is 6.29 Å². The fraction of sp³-hybridized carbons (Fsp3) is 0.727. The molecule has 0 fully saturated rings. The number of carbonyl (C=O) groups excluding carboxylic acids is 1. The summed E-state index contributed by atoms with van der Waals surface area (Å²) in [6, 6.07) is 0. The zero-order valence-electron chi connectivity index (χ0n) is 8.47. The minimum absolute atomic E-state index is 0.654. The minimum Gasteiger partial charge on any atom is -0.298 e. The van der Waals surface area contributed by atoms with Crippen LogP contribution in [0.25, 0.3) is 0 Å².